The van der Waals surface area contributed by atoms with E-state index in [9.17, 15) is 9.59 Å². The van der Waals surface area contributed by atoms with E-state index in [-0.39, 0.29) is 17.5 Å². The number of para-hydroxylation sites is 1. The lowest BCUT2D eigenvalue weighted by Crippen LogP contribution is -2.35. The van der Waals surface area contributed by atoms with E-state index in [1.807, 2.05) is 73.8 Å². The van der Waals surface area contributed by atoms with Crippen LogP contribution in [0, 0.1) is 6.92 Å². The second-order valence-electron chi connectivity index (χ2n) is 7.40. The summed E-state index contributed by atoms with van der Waals surface area (Å²) in [4.78, 5) is 33.8. The quantitative estimate of drug-likeness (QED) is 0.480. The lowest BCUT2D eigenvalue weighted by Gasteiger charge is -2.27. The Labute approximate surface area is 179 Å². The number of amides is 1. The SMILES string of the molecule is Cc1ccc(-n2c(C(C)N(C)C(=O)Cc3cccs3)nc3ccccc3c2=O)cc1. The summed E-state index contributed by atoms with van der Waals surface area (Å²) in [7, 11) is 1.77. The molecule has 1 atom stereocenters. The average Bonchev–Trinajstić information content (AvgIpc) is 3.26. The molecular weight excluding hydrogens is 394 g/mol. The summed E-state index contributed by atoms with van der Waals surface area (Å²) in [6.45, 7) is 3.92. The van der Waals surface area contributed by atoms with Gasteiger partial charge in [0.1, 0.15) is 5.82 Å². The zero-order chi connectivity index (χ0) is 21.3. The molecule has 5 nitrogen and oxygen atoms in total. The zero-order valence-electron chi connectivity index (χ0n) is 17.2. The van der Waals surface area contributed by atoms with Crippen LogP contribution in [0.2, 0.25) is 0 Å². The van der Waals surface area contributed by atoms with E-state index < -0.39 is 0 Å². The summed E-state index contributed by atoms with van der Waals surface area (Å²) in [5.41, 5.74) is 2.35. The summed E-state index contributed by atoms with van der Waals surface area (Å²) >= 11 is 1.56. The van der Waals surface area contributed by atoms with Gasteiger partial charge in [0.05, 0.1) is 29.1 Å². The largest absolute Gasteiger partial charge is 0.336 e. The van der Waals surface area contributed by atoms with Crippen molar-refractivity contribution in [1.82, 2.24) is 14.5 Å². The van der Waals surface area contributed by atoms with Crippen molar-refractivity contribution in [3.63, 3.8) is 0 Å². The number of rotatable bonds is 5. The summed E-state index contributed by atoms with van der Waals surface area (Å²) in [6.07, 6.45) is 0.334. The number of benzene rings is 2. The van der Waals surface area contributed by atoms with Crippen molar-refractivity contribution in [3.8, 4) is 5.69 Å². The summed E-state index contributed by atoms with van der Waals surface area (Å²) < 4.78 is 1.63. The number of aryl methyl sites for hydroxylation is 1. The molecule has 152 valence electrons. The van der Waals surface area contributed by atoms with Gasteiger partial charge in [0.2, 0.25) is 5.91 Å². The smallest absolute Gasteiger partial charge is 0.266 e. The van der Waals surface area contributed by atoms with E-state index in [1.165, 1.54) is 0 Å². The summed E-state index contributed by atoms with van der Waals surface area (Å²) in [5, 5.41) is 2.52. The number of fused-ring (bicyclic) bond motifs is 1. The molecule has 0 aliphatic rings. The maximum Gasteiger partial charge on any atom is 0.266 e. The lowest BCUT2D eigenvalue weighted by molar-refractivity contribution is -0.131. The molecule has 30 heavy (non-hydrogen) atoms. The van der Waals surface area contributed by atoms with Crippen molar-refractivity contribution in [2.24, 2.45) is 0 Å². The number of nitrogens with zero attached hydrogens (tertiary/aromatic N) is 3. The Bertz CT molecular complexity index is 1240. The number of hydrogen-bond acceptors (Lipinski definition) is 4. The van der Waals surface area contributed by atoms with Gasteiger partial charge in [-0.1, -0.05) is 35.9 Å². The van der Waals surface area contributed by atoms with Gasteiger partial charge >= 0.3 is 0 Å². The third-order valence-corrected chi connectivity index (χ3v) is 6.22. The molecule has 0 radical (unpaired) electrons. The third-order valence-electron chi connectivity index (χ3n) is 5.35. The van der Waals surface area contributed by atoms with Crippen molar-refractivity contribution in [2.45, 2.75) is 26.3 Å². The number of carbonyl (C=O) groups is 1. The van der Waals surface area contributed by atoms with E-state index in [0.717, 1.165) is 16.1 Å². The van der Waals surface area contributed by atoms with Gasteiger partial charge < -0.3 is 4.90 Å². The molecule has 0 fully saturated rings. The van der Waals surface area contributed by atoms with Crippen molar-refractivity contribution in [1.29, 1.82) is 0 Å². The van der Waals surface area contributed by atoms with Crippen LogP contribution in [0.25, 0.3) is 16.6 Å². The Morgan fingerprint density at radius 2 is 1.83 bits per heavy atom. The molecule has 4 aromatic rings. The maximum absolute atomic E-state index is 13.4. The molecule has 0 aliphatic carbocycles. The highest BCUT2D eigenvalue weighted by Gasteiger charge is 2.24. The Hall–Kier alpha value is -3.25. The fourth-order valence-electron chi connectivity index (χ4n) is 3.45. The van der Waals surface area contributed by atoms with Crippen LogP contribution in [0.5, 0.6) is 0 Å². The summed E-state index contributed by atoms with van der Waals surface area (Å²) in [6, 6.07) is 18.6. The predicted octanol–water partition coefficient (Wildman–Crippen LogP) is 4.52. The molecule has 0 spiro atoms. The molecule has 0 N–H and O–H groups in total. The van der Waals surface area contributed by atoms with E-state index >= 15 is 0 Å². The van der Waals surface area contributed by atoms with Gasteiger partial charge in [-0.2, -0.15) is 0 Å². The van der Waals surface area contributed by atoms with E-state index in [4.69, 9.17) is 4.98 Å². The average molecular weight is 418 g/mol. The first-order chi connectivity index (χ1) is 14.5. The lowest BCUT2D eigenvalue weighted by atomic mass is 10.1. The van der Waals surface area contributed by atoms with Crippen LogP contribution in [-0.2, 0) is 11.2 Å². The normalized spacial score (nSPS) is 12.1. The molecule has 0 saturated carbocycles. The molecule has 4 rings (SSSR count). The first-order valence-corrected chi connectivity index (χ1v) is 10.7. The number of carbonyl (C=O) groups excluding carboxylic acids is 1. The van der Waals surface area contributed by atoms with E-state index in [2.05, 4.69) is 0 Å². The van der Waals surface area contributed by atoms with Crippen LogP contribution >= 0.6 is 11.3 Å². The minimum atomic E-state index is -0.379. The van der Waals surface area contributed by atoms with Gasteiger partial charge in [-0.05, 0) is 49.6 Å². The standard InChI is InChI=1S/C24H23N3O2S/c1-16-10-12-18(13-11-16)27-23(25-21-9-5-4-8-20(21)24(27)29)17(2)26(3)22(28)15-19-7-6-14-30-19/h4-14,17H,15H2,1-3H3. The van der Waals surface area contributed by atoms with Crippen LogP contribution in [0.15, 0.2) is 70.8 Å². The maximum atomic E-state index is 13.4. The molecule has 2 aromatic carbocycles. The molecule has 2 heterocycles. The second kappa shape index (κ2) is 8.24. The van der Waals surface area contributed by atoms with Gasteiger partial charge in [-0.25, -0.2) is 4.98 Å². The minimum absolute atomic E-state index is 0.0113. The van der Waals surface area contributed by atoms with E-state index in [0.29, 0.717) is 23.1 Å². The van der Waals surface area contributed by atoms with Crippen molar-refractivity contribution in [2.75, 3.05) is 7.05 Å². The van der Waals surface area contributed by atoms with Crippen molar-refractivity contribution in [3.05, 3.63) is 92.7 Å². The molecule has 1 unspecified atom stereocenters. The first-order valence-electron chi connectivity index (χ1n) is 9.82. The number of thiophene rings is 1. The Balaban J connectivity index is 1.82. The highest BCUT2D eigenvalue weighted by Crippen LogP contribution is 2.23. The minimum Gasteiger partial charge on any atom is -0.336 e. The van der Waals surface area contributed by atoms with Crippen molar-refractivity contribution >= 4 is 28.1 Å². The van der Waals surface area contributed by atoms with Crippen LogP contribution in [0.1, 0.15) is 29.2 Å². The monoisotopic (exact) mass is 417 g/mol. The van der Waals surface area contributed by atoms with Crippen LogP contribution in [0.4, 0.5) is 0 Å². The Morgan fingerprint density at radius 3 is 2.53 bits per heavy atom. The zero-order valence-corrected chi connectivity index (χ0v) is 18.0. The fraction of sp³-hybridized carbons (Fsp3) is 0.208. The highest BCUT2D eigenvalue weighted by molar-refractivity contribution is 7.10. The number of aromatic nitrogens is 2. The van der Waals surface area contributed by atoms with Gasteiger partial charge in [-0.15, -0.1) is 11.3 Å². The van der Waals surface area contributed by atoms with Gasteiger partial charge in [0, 0.05) is 11.9 Å². The van der Waals surface area contributed by atoms with Crippen LogP contribution in [-0.4, -0.2) is 27.4 Å². The summed E-state index contributed by atoms with van der Waals surface area (Å²) in [5.74, 6) is 0.535. The molecule has 2 aromatic heterocycles. The molecule has 1 amide bonds. The predicted molar refractivity (Wildman–Crippen MR) is 121 cm³/mol. The first kappa shape index (κ1) is 20.0. The molecular formula is C24H23N3O2S. The third kappa shape index (κ3) is 3.78. The molecule has 6 heteroatoms. The Morgan fingerprint density at radius 1 is 1.10 bits per heavy atom. The van der Waals surface area contributed by atoms with Gasteiger partial charge in [0.25, 0.3) is 5.56 Å². The highest BCUT2D eigenvalue weighted by atomic mass is 32.1. The van der Waals surface area contributed by atoms with Gasteiger partial charge in [-0.3, -0.25) is 14.2 Å². The number of hydrogen-bond donors (Lipinski definition) is 0. The second-order valence-corrected chi connectivity index (χ2v) is 8.43. The number of likely N-dealkylation sites (N-methyl/N-ethyl adjacent to an activating group) is 1. The van der Waals surface area contributed by atoms with Crippen LogP contribution in [0.3, 0.4) is 0 Å². The van der Waals surface area contributed by atoms with Gasteiger partial charge in [0.15, 0.2) is 0 Å². The molecule has 0 aliphatic heterocycles. The molecule has 0 bridgehead atoms. The van der Waals surface area contributed by atoms with Crippen molar-refractivity contribution < 1.29 is 4.79 Å². The molecule has 0 saturated heterocycles. The van der Waals surface area contributed by atoms with E-state index in [1.54, 1.807) is 33.9 Å². The topological polar surface area (TPSA) is 55.2 Å². The fourth-order valence-corrected chi connectivity index (χ4v) is 4.15. The van der Waals surface area contributed by atoms with Crippen LogP contribution < -0.4 is 5.56 Å². The Kier molecular flexibility index (Phi) is 5.50.